The van der Waals surface area contributed by atoms with Gasteiger partial charge in [-0.2, -0.15) is 0 Å². The zero-order valence-electron chi connectivity index (χ0n) is 11.2. The first-order valence-electron chi connectivity index (χ1n) is 6.35. The summed E-state index contributed by atoms with van der Waals surface area (Å²) in [7, 11) is 1.49. The van der Waals surface area contributed by atoms with E-state index in [4.69, 9.17) is 15.2 Å². The second-order valence-corrected chi connectivity index (χ2v) is 4.77. The Morgan fingerprint density at radius 1 is 1.47 bits per heavy atom. The second kappa shape index (κ2) is 7.42. The molecule has 1 aliphatic heterocycles. The molecule has 4 N–H and O–H groups in total. The lowest BCUT2D eigenvalue weighted by molar-refractivity contribution is -0.154. The molecule has 1 fully saturated rings. The molecule has 1 heterocycles. The van der Waals surface area contributed by atoms with Gasteiger partial charge in [0.05, 0.1) is 17.9 Å². The summed E-state index contributed by atoms with van der Waals surface area (Å²) in [5.74, 6) is -1.14. The maximum atomic E-state index is 11.7. The molecular formula is C12H22N2O5. The average Bonchev–Trinajstić information content (AvgIpc) is 2.43. The van der Waals surface area contributed by atoms with Crippen LogP contribution in [0.2, 0.25) is 0 Å². The van der Waals surface area contributed by atoms with Crippen LogP contribution < -0.4 is 11.1 Å². The Labute approximate surface area is 112 Å². The molecule has 1 amide bonds. The third kappa shape index (κ3) is 4.45. The number of carbonyl (C=O) groups excluding carboxylic acids is 1. The Morgan fingerprint density at radius 3 is 2.58 bits per heavy atom. The van der Waals surface area contributed by atoms with Gasteiger partial charge < -0.3 is 25.6 Å². The van der Waals surface area contributed by atoms with Gasteiger partial charge in [0.15, 0.2) is 0 Å². The molecule has 0 aromatic carbocycles. The number of ether oxygens (including phenoxy) is 2. The molecule has 7 heteroatoms. The quantitative estimate of drug-likeness (QED) is 0.569. The lowest BCUT2D eigenvalue weighted by atomic mass is 9.80. The lowest BCUT2D eigenvalue weighted by Crippen LogP contribution is -2.47. The van der Waals surface area contributed by atoms with Gasteiger partial charge in [0.25, 0.3) is 0 Å². The number of carbonyl (C=O) groups is 2. The first-order chi connectivity index (χ1) is 9.04. The topological polar surface area (TPSA) is 111 Å². The van der Waals surface area contributed by atoms with Crippen LogP contribution in [0.1, 0.15) is 19.3 Å². The van der Waals surface area contributed by atoms with Crippen LogP contribution >= 0.6 is 0 Å². The zero-order chi connectivity index (χ0) is 14.3. The van der Waals surface area contributed by atoms with Gasteiger partial charge in [-0.05, 0) is 12.8 Å². The summed E-state index contributed by atoms with van der Waals surface area (Å²) < 4.78 is 10.2. The van der Waals surface area contributed by atoms with E-state index in [1.807, 2.05) is 0 Å². The molecule has 1 rings (SSSR count). The van der Waals surface area contributed by atoms with Crippen molar-refractivity contribution in [1.82, 2.24) is 5.32 Å². The maximum Gasteiger partial charge on any atom is 0.311 e. The van der Waals surface area contributed by atoms with E-state index in [0.29, 0.717) is 26.1 Å². The zero-order valence-corrected chi connectivity index (χ0v) is 11.2. The molecule has 0 spiro atoms. The van der Waals surface area contributed by atoms with Gasteiger partial charge in [-0.15, -0.1) is 0 Å². The number of carboxylic acid groups (broad SMARTS) is 1. The van der Waals surface area contributed by atoms with Crippen molar-refractivity contribution in [2.45, 2.75) is 25.4 Å². The predicted octanol–water partition coefficient (Wildman–Crippen LogP) is -0.652. The molecule has 1 unspecified atom stereocenters. The fraction of sp³-hybridized carbons (Fsp3) is 0.833. The molecule has 7 nitrogen and oxygen atoms in total. The molecule has 0 saturated carbocycles. The van der Waals surface area contributed by atoms with Crippen LogP contribution in [-0.4, -0.2) is 56.5 Å². The maximum absolute atomic E-state index is 11.7. The van der Waals surface area contributed by atoms with E-state index in [0.717, 1.165) is 0 Å². The number of carboxylic acids is 1. The number of nitrogens with two attached hydrogens (primary N) is 1. The van der Waals surface area contributed by atoms with Gasteiger partial charge in [0, 0.05) is 33.4 Å². The number of methoxy groups -OCH3 is 1. The molecule has 0 bridgehead atoms. The molecule has 0 aromatic rings. The summed E-state index contributed by atoms with van der Waals surface area (Å²) in [5, 5.41) is 12.0. The Balaban J connectivity index is 2.48. The van der Waals surface area contributed by atoms with E-state index in [1.165, 1.54) is 7.11 Å². The van der Waals surface area contributed by atoms with Crippen LogP contribution in [0.5, 0.6) is 0 Å². The molecule has 0 radical (unpaired) electrons. The van der Waals surface area contributed by atoms with E-state index in [2.05, 4.69) is 5.32 Å². The van der Waals surface area contributed by atoms with E-state index in [1.54, 1.807) is 0 Å². The van der Waals surface area contributed by atoms with Gasteiger partial charge in [-0.3, -0.25) is 9.59 Å². The van der Waals surface area contributed by atoms with Crippen LogP contribution in [0.15, 0.2) is 0 Å². The first kappa shape index (κ1) is 15.9. The van der Waals surface area contributed by atoms with Gasteiger partial charge in [-0.25, -0.2) is 0 Å². The Bertz CT molecular complexity index is 311. The number of amides is 1. The molecule has 1 aliphatic rings. The van der Waals surface area contributed by atoms with E-state index in [9.17, 15) is 14.7 Å². The van der Waals surface area contributed by atoms with E-state index in [-0.39, 0.29) is 31.5 Å². The van der Waals surface area contributed by atoms with Crippen molar-refractivity contribution in [3.8, 4) is 0 Å². The van der Waals surface area contributed by atoms with Crippen LogP contribution in [0, 0.1) is 5.41 Å². The Kier molecular flexibility index (Phi) is 6.20. The summed E-state index contributed by atoms with van der Waals surface area (Å²) in [4.78, 5) is 23.1. The number of hydrogen-bond donors (Lipinski definition) is 3. The van der Waals surface area contributed by atoms with Gasteiger partial charge in [0.2, 0.25) is 5.91 Å². The predicted molar refractivity (Wildman–Crippen MR) is 67.6 cm³/mol. The summed E-state index contributed by atoms with van der Waals surface area (Å²) in [6, 6.07) is 0. The normalized spacial score (nSPS) is 19.7. The highest BCUT2D eigenvalue weighted by Crippen LogP contribution is 2.30. The highest BCUT2D eigenvalue weighted by Gasteiger charge is 2.40. The minimum atomic E-state index is -0.917. The standard InChI is InChI=1S/C12H22N2O5/c1-18-9(7-13)6-10(15)14-8-12(11(16)17)2-4-19-5-3-12/h9H,2-8,13H2,1H3,(H,14,15)(H,16,17). The van der Waals surface area contributed by atoms with Gasteiger partial charge in [-0.1, -0.05) is 0 Å². The molecule has 0 aliphatic carbocycles. The van der Waals surface area contributed by atoms with Crippen LogP contribution in [0.3, 0.4) is 0 Å². The molecule has 19 heavy (non-hydrogen) atoms. The summed E-state index contributed by atoms with van der Waals surface area (Å²) in [6.45, 7) is 1.19. The third-order valence-electron chi connectivity index (χ3n) is 3.54. The summed E-state index contributed by atoms with van der Waals surface area (Å²) >= 11 is 0. The Hall–Kier alpha value is -1.18. The largest absolute Gasteiger partial charge is 0.481 e. The fourth-order valence-electron chi connectivity index (χ4n) is 2.04. The van der Waals surface area contributed by atoms with E-state index < -0.39 is 11.4 Å². The third-order valence-corrected chi connectivity index (χ3v) is 3.54. The molecule has 110 valence electrons. The van der Waals surface area contributed by atoms with Crippen molar-refractivity contribution in [2.75, 3.05) is 33.4 Å². The molecule has 0 aromatic heterocycles. The summed E-state index contributed by atoms with van der Waals surface area (Å²) in [6.07, 6.45) is 0.620. The molecular weight excluding hydrogens is 252 g/mol. The highest BCUT2D eigenvalue weighted by atomic mass is 16.5. The van der Waals surface area contributed by atoms with Crippen molar-refractivity contribution in [3.63, 3.8) is 0 Å². The average molecular weight is 274 g/mol. The first-order valence-corrected chi connectivity index (χ1v) is 6.35. The summed E-state index contributed by atoms with van der Waals surface area (Å²) in [5.41, 5.74) is 4.51. The monoisotopic (exact) mass is 274 g/mol. The number of rotatable bonds is 7. The smallest absolute Gasteiger partial charge is 0.311 e. The number of aliphatic carboxylic acids is 1. The van der Waals surface area contributed by atoms with Crippen molar-refractivity contribution in [2.24, 2.45) is 11.1 Å². The number of nitrogens with one attached hydrogen (secondary N) is 1. The van der Waals surface area contributed by atoms with Gasteiger partial charge in [0.1, 0.15) is 0 Å². The van der Waals surface area contributed by atoms with Crippen molar-refractivity contribution in [1.29, 1.82) is 0 Å². The molecule has 1 saturated heterocycles. The van der Waals surface area contributed by atoms with Crippen LogP contribution in [0.4, 0.5) is 0 Å². The minimum absolute atomic E-state index is 0.117. The minimum Gasteiger partial charge on any atom is -0.481 e. The van der Waals surface area contributed by atoms with Crippen molar-refractivity contribution in [3.05, 3.63) is 0 Å². The Morgan fingerprint density at radius 2 is 2.11 bits per heavy atom. The van der Waals surface area contributed by atoms with Crippen LogP contribution in [-0.2, 0) is 19.1 Å². The van der Waals surface area contributed by atoms with E-state index >= 15 is 0 Å². The highest BCUT2D eigenvalue weighted by molar-refractivity contribution is 5.79. The fourth-order valence-corrected chi connectivity index (χ4v) is 2.04. The number of hydrogen-bond acceptors (Lipinski definition) is 5. The molecule has 1 atom stereocenters. The second-order valence-electron chi connectivity index (χ2n) is 4.77. The van der Waals surface area contributed by atoms with Crippen molar-refractivity contribution < 1.29 is 24.2 Å². The SMILES string of the molecule is COC(CN)CC(=O)NCC1(C(=O)O)CCOCC1. The van der Waals surface area contributed by atoms with Crippen molar-refractivity contribution >= 4 is 11.9 Å². The van der Waals surface area contributed by atoms with Crippen LogP contribution in [0.25, 0.3) is 0 Å². The van der Waals surface area contributed by atoms with Gasteiger partial charge >= 0.3 is 5.97 Å². The lowest BCUT2D eigenvalue weighted by Gasteiger charge is -2.33.